The van der Waals surface area contributed by atoms with Gasteiger partial charge < -0.3 is 19.5 Å². The van der Waals surface area contributed by atoms with Gasteiger partial charge >= 0.3 is 0 Å². The summed E-state index contributed by atoms with van der Waals surface area (Å²) in [7, 11) is 1.62. The number of nitrogens with zero attached hydrogens (tertiary/aromatic N) is 2. The molecule has 1 N–H and O–H groups in total. The fraction of sp³-hybridized carbons (Fsp3) is 0.143. The summed E-state index contributed by atoms with van der Waals surface area (Å²) >= 11 is 3.39. The van der Waals surface area contributed by atoms with Crippen molar-refractivity contribution in [1.29, 1.82) is 0 Å². The van der Waals surface area contributed by atoms with Crippen LogP contribution in [0.2, 0.25) is 0 Å². The van der Waals surface area contributed by atoms with E-state index < -0.39 is 0 Å². The van der Waals surface area contributed by atoms with Crippen LogP contribution in [0.4, 0.5) is 5.69 Å². The van der Waals surface area contributed by atoms with Crippen molar-refractivity contribution in [2.45, 2.75) is 20.3 Å². The Morgan fingerprint density at radius 3 is 2.67 bits per heavy atom. The highest BCUT2D eigenvalue weighted by molar-refractivity contribution is 9.10. The maximum Gasteiger partial charge on any atom is 0.248 e. The molecule has 184 valence electrons. The lowest BCUT2D eigenvalue weighted by molar-refractivity contribution is -0.111. The number of aromatic nitrogens is 2. The smallest absolute Gasteiger partial charge is 0.248 e. The van der Waals surface area contributed by atoms with Crippen LogP contribution >= 0.6 is 15.9 Å². The van der Waals surface area contributed by atoms with Gasteiger partial charge in [-0.2, -0.15) is 5.10 Å². The molecule has 0 spiro atoms. The largest absolute Gasteiger partial charge is 0.496 e. The number of carbonyl (C=O) groups is 1. The van der Waals surface area contributed by atoms with E-state index >= 15 is 0 Å². The molecule has 1 heterocycles. The van der Waals surface area contributed by atoms with Gasteiger partial charge in [0.15, 0.2) is 6.73 Å². The molecule has 0 aliphatic heterocycles. The van der Waals surface area contributed by atoms with Crippen LogP contribution in [0.15, 0.2) is 89.7 Å². The first-order valence-electron chi connectivity index (χ1n) is 11.2. The topological polar surface area (TPSA) is 74.6 Å². The normalized spacial score (nSPS) is 10.9. The number of ether oxygens (including phenoxy) is 3. The fourth-order valence-electron chi connectivity index (χ4n) is 3.41. The minimum Gasteiger partial charge on any atom is -0.496 e. The Hall–Kier alpha value is -4.04. The molecule has 0 saturated heterocycles. The third-order valence-electron chi connectivity index (χ3n) is 5.19. The van der Waals surface area contributed by atoms with Crippen molar-refractivity contribution in [3.05, 3.63) is 106 Å². The Balaban J connectivity index is 1.33. The highest BCUT2D eigenvalue weighted by atomic mass is 79.9. The van der Waals surface area contributed by atoms with Crippen LogP contribution in [0.5, 0.6) is 17.2 Å². The van der Waals surface area contributed by atoms with E-state index in [2.05, 4.69) is 26.3 Å². The van der Waals surface area contributed by atoms with E-state index in [1.54, 1.807) is 30.3 Å². The minimum atomic E-state index is -0.267. The van der Waals surface area contributed by atoms with E-state index in [-0.39, 0.29) is 12.6 Å². The van der Waals surface area contributed by atoms with Gasteiger partial charge in [0.2, 0.25) is 5.91 Å². The Kier molecular flexibility index (Phi) is 8.41. The number of anilines is 1. The number of carbonyl (C=O) groups excluding carboxylic acids is 1. The first-order chi connectivity index (χ1) is 17.5. The Morgan fingerprint density at radius 2 is 1.89 bits per heavy atom. The van der Waals surface area contributed by atoms with Crippen molar-refractivity contribution in [2.75, 3.05) is 12.4 Å². The van der Waals surface area contributed by atoms with Crippen LogP contribution in [0.25, 0.3) is 6.08 Å². The molecule has 1 amide bonds. The number of halogens is 1. The summed E-state index contributed by atoms with van der Waals surface area (Å²) in [5.74, 6) is 1.98. The molecule has 4 rings (SSSR count). The molecular weight excluding hydrogens is 522 g/mol. The molecule has 0 aliphatic rings. The van der Waals surface area contributed by atoms with Gasteiger partial charge in [0.25, 0.3) is 0 Å². The lowest BCUT2D eigenvalue weighted by Gasteiger charge is -2.11. The van der Waals surface area contributed by atoms with Crippen molar-refractivity contribution >= 4 is 33.6 Å². The summed E-state index contributed by atoms with van der Waals surface area (Å²) in [5.41, 5.74) is 3.44. The van der Waals surface area contributed by atoms with Crippen molar-refractivity contribution in [2.24, 2.45) is 0 Å². The number of nitrogens with one attached hydrogen (secondary N) is 1. The van der Waals surface area contributed by atoms with Crippen LogP contribution in [-0.4, -0.2) is 22.8 Å². The van der Waals surface area contributed by atoms with E-state index in [9.17, 15) is 4.79 Å². The van der Waals surface area contributed by atoms with Crippen LogP contribution in [-0.2, 0) is 18.1 Å². The van der Waals surface area contributed by atoms with Crippen molar-refractivity contribution in [3.8, 4) is 17.2 Å². The van der Waals surface area contributed by atoms with E-state index in [0.29, 0.717) is 12.3 Å². The number of amides is 1. The maximum absolute atomic E-state index is 12.4. The summed E-state index contributed by atoms with van der Waals surface area (Å²) in [4.78, 5) is 12.4. The van der Waals surface area contributed by atoms with Gasteiger partial charge in [-0.1, -0.05) is 34.1 Å². The minimum absolute atomic E-state index is 0.229. The standard InChI is InChI=1S/C28H26BrN3O4/c1-20-4-3-5-26(14-20)35-18-22-15-21(6-12-27(22)34-2)7-13-28(33)31-24-16-30-32(17-24)19-36-25-10-8-23(29)9-11-25/h3-17H,18-19H2,1-2H3,(H,31,33)/b13-7+. The molecule has 0 atom stereocenters. The highest BCUT2D eigenvalue weighted by Gasteiger charge is 2.07. The average molecular weight is 548 g/mol. The number of hydrogen-bond donors (Lipinski definition) is 1. The van der Waals surface area contributed by atoms with Gasteiger partial charge in [-0.3, -0.25) is 4.79 Å². The lowest BCUT2D eigenvalue weighted by Crippen LogP contribution is -2.08. The lowest BCUT2D eigenvalue weighted by atomic mass is 10.1. The van der Waals surface area contributed by atoms with Crippen molar-refractivity contribution in [1.82, 2.24) is 9.78 Å². The summed E-state index contributed by atoms with van der Waals surface area (Å²) < 4.78 is 19.7. The summed E-state index contributed by atoms with van der Waals surface area (Å²) in [6, 6.07) is 21.1. The van der Waals surface area contributed by atoms with Gasteiger partial charge in [-0.25, -0.2) is 4.68 Å². The SMILES string of the molecule is COc1ccc(/C=C/C(=O)Nc2cnn(COc3ccc(Br)cc3)c2)cc1COc1cccc(C)c1. The first kappa shape index (κ1) is 25.1. The number of benzene rings is 3. The van der Waals surface area contributed by atoms with Gasteiger partial charge in [0, 0.05) is 16.1 Å². The van der Waals surface area contributed by atoms with Crippen LogP contribution in [0.1, 0.15) is 16.7 Å². The zero-order chi connectivity index (χ0) is 25.3. The van der Waals surface area contributed by atoms with Gasteiger partial charge in [0.05, 0.1) is 25.2 Å². The second-order valence-electron chi connectivity index (χ2n) is 7.99. The summed E-state index contributed by atoms with van der Waals surface area (Å²) in [6.45, 7) is 2.60. The number of rotatable bonds is 10. The van der Waals surface area contributed by atoms with E-state index in [1.807, 2.05) is 73.7 Å². The Morgan fingerprint density at radius 1 is 1.06 bits per heavy atom. The average Bonchev–Trinajstić information content (AvgIpc) is 3.33. The van der Waals surface area contributed by atoms with Crippen LogP contribution in [0, 0.1) is 6.92 Å². The molecule has 36 heavy (non-hydrogen) atoms. The fourth-order valence-corrected chi connectivity index (χ4v) is 3.67. The highest BCUT2D eigenvalue weighted by Crippen LogP contribution is 2.23. The zero-order valence-electron chi connectivity index (χ0n) is 20.0. The number of methoxy groups -OCH3 is 1. The van der Waals surface area contributed by atoms with Crippen LogP contribution in [0.3, 0.4) is 0 Å². The molecule has 0 radical (unpaired) electrons. The first-order valence-corrected chi connectivity index (χ1v) is 12.0. The van der Waals surface area contributed by atoms with Crippen LogP contribution < -0.4 is 19.5 Å². The third kappa shape index (κ3) is 7.23. The second-order valence-corrected chi connectivity index (χ2v) is 8.91. The molecule has 0 unspecified atom stereocenters. The summed E-state index contributed by atoms with van der Waals surface area (Å²) in [6.07, 6.45) is 6.50. The van der Waals surface area contributed by atoms with E-state index in [4.69, 9.17) is 14.2 Å². The third-order valence-corrected chi connectivity index (χ3v) is 5.72. The predicted molar refractivity (Wildman–Crippen MR) is 143 cm³/mol. The molecular formula is C28H26BrN3O4. The molecule has 0 fully saturated rings. The van der Waals surface area contributed by atoms with Gasteiger partial charge in [-0.15, -0.1) is 0 Å². The van der Waals surface area contributed by atoms with Gasteiger partial charge in [-0.05, 0) is 72.7 Å². The molecule has 8 heteroatoms. The predicted octanol–water partition coefficient (Wildman–Crippen LogP) is 6.23. The number of aryl methyl sites for hydroxylation is 1. The quantitative estimate of drug-likeness (QED) is 0.238. The van der Waals surface area contributed by atoms with E-state index in [0.717, 1.165) is 38.4 Å². The molecule has 1 aromatic heterocycles. The molecule has 0 saturated carbocycles. The Labute approximate surface area is 218 Å². The number of hydrogen-bond acceptors (Lipinski definition) is 5. The molecule has 7 nitrogen and oxygen atoms in total. The van der Waals surface area contributed by atoms with E-state index in [1.165, 1.54) is 6.08 Å². The summed E-state index contributed by atoms with van der Waals surface area (Å²) in [5, 5.41) is 7.02. The molecule has 3 aromatic carbocycles. The molecule has 4 aromatic rings. The molecule has 0 bridgehead atoms. The zero-order valence-corrected chi connectivity index (χ0v) is 21.6. The monoisotopic (exact) mass is 547 g/mol. The maximum atomic E-state index is 12.4. The molecule has 0 aliphatic carbocycles. The van der Waals surface area contributed by atoms with Crippen molar-refractivity contribution < 1.29 is 19.0 Å². The Bertz CT molecular complexity index is 1350. The van der Waals surface area contributed by atoms with Crippen molar-refractivity contribution in [3.63, 3.8) is 0 Å². The van der Waals surface area contributed by atoms with Gasteiger partial charge in [0.1, 0.15) is 23.9 Å². The second kappa shape index (κ2) is 12.1.